The maximum Gasteiger partial charge on any atom is 0.223 e. The van der Waals surface area contributed by atoms with E-state index in [1.807, 2.05) is 6.92 Å². The second kappa shape index (κ2) is 5.49. The normalized spacial score (nSPS) is 10.0. The van der Waals surface area contributed by atoms with Gasteiger partial charge in [-0.2, -0.15) is 0 Å². The molecule has 4 heteroatoms. The fourth-order valence-electron chi connectivity index (χ4n) is 1.30. The van der Waals surface area contributed by atoms with Crippen LogP contribution in [0.25, 0.3) is 0 Å². The number of nitrogens with zero attached hydrogens (tertiary/aromatic N) is 1. The largest absolute Gasteiger partial charge is 0.382 e. The molecular formula is C12H17FN2O. The Bertz CT molecular complexity index is 377. The Kier molecular flexibility index (Phi) is 4.28. The molecule has 0 heterocycles. The quantitative estimate of drug-likeness (QED) is 0.848. The average Bonchev–Trinajstić information content (AvgIpc) is 2.22. The fourth-order valence-corrected chi connectivity index (χ4v) is 1.30. The SMILES string of the molecule is Cc1ccc(F)c(NCCC(=O)N(C)C)c1. The summed E-state index contributed by atoms with van der Waals surface area (Å²) >= 11 is 0. The molecule has 0 radical (unpaired) electrons. The van der Waals surface area contributed by atoms with Crippen LogP contribution in [0.5, 0.6) is 0 Å². The molecule has 1 rings (SSSR count). The van der Waals surface area contributed by atoms with Crippen molar-refractivity contribution in [3.63, 3.8) is 0 Å². The van der Waals surface area contributed by atoms with Crippen molar-refractivity contribution >= 4 is 11.6 Å². The van der Waals surface area contributed by atoms with E-state index in [-0.39, 0.29) is 11.7 Å². The van der Waals surface area contributed by atoms with Gasteiger partial charge < -0.3 is 10.2 Å². The van der Waals surface area contributed by atoms with E-state index in [1.165, 1.54) is 11.0 Å². The van der Waals surface area contributed by atoms with Gasteiger partial charge in [-0.15, -0.1) is 0 Å². The average molecular weight is 224 g/mol. The minimum atomic E-state index is -0.289. The zero-order valence-corrected chi connectivity index (χ0v) is 9.88. The number of hydrogen-bond donors (Lipinski definition) is 1. The first-order chi connectivity index (χ1) is 7.50. The number of rotatable bonds is 4. The van der Waals surface area contributed by atoms with Gasteiger partial charge in [-0.1, -0.05) is 6.07 Å². The molecule has 1 aromatic rings. The van der Waals surface area contributed by atoms with Crippen LogP contribution in [0.3, 0.4) is 0 Å². The number of aryl methyl sites for hydroxylation is 1. The van der Waals surface area contributed by atoms with Crippen LogP contribution in [0.4, 0.5) is 10.1 Å². The van der Waals surface area contributed by atoms with Crippen molar-refractivity contribution < 1.29 is 9.18 Å². The first kappa shape index (κ1) is 12.5. The van der Waals surface area contributed by atoms with Crippen LogP contribution in [0.1, 0.15) is 12.0 Å². The first-order valence-electron chi connectivity index (χ1n) is 5.21. The Hall–Kier alpha value is -1.58. The maximum atomic E-state index is 13.3. The molecular weight excluding hydrogens is 207 g/mol. The predicted molar refractivity (Wildman–Crippen MR) is 62.9 cm³/mol. The van der Waals surface area contributed by atoms with Gasteiger partial charge in [0.1, 0.15) is 5.82 Å². The molecule has 0 unspecified atom stereocenters. The predicted octanol–water partition coefficient (Wildman–Crippen LogP) is 2.02. The minimum absolute atomic E-state index is 0.0283. The number of halogens is 1. The van der Waals surface area contributed by atoms with Crippen molar-refractivity contribution in [2.75, 3.05) is 26.0 Å². The van der Waals surface area contributed by atoms with Crippen LogP contribution in [0, 0.1) is 12.7 Å². The monoisotopic (exact) mass is 224 g/mol. The lowest BCUT2D eigenvalue weighted by Crippen LogP contribution is -2.24. The number of anilines is 1. The highest BCUT2D eigenvalue weighted by Crippen LogP contribution is 2.15. The number of carbonyl (C=O) groups excluding carboxylic acids is 1. The van der Waals surface area contributed by atoms with Crippen LogP contribution in [0.15, 0.2) is 18.2 Å². The number of benzene rings is 1. The highest BCUT2D eigenvalue weighted by atomic mass is 19.1. The van der Waals surface area contributed by atoms with Crippen molar-refractivity contribution in [1.82, 2.24) is 4.90 Å². The van der Waals surface area contributed by atoms with Gasteiger partial charge in [0, 0.05) is 27.1 Å². The molecule has 16 heavy (non-hydrogen) atoms. The smallest absolute Gasteiger partial charge is 0.223 e. The standard InChI is InChI=1S/C12H17FN2O/c1-9-4-5-10(13)11(8-9)14-7-6-12(16)15(2)3/h4-5,8,14H,6-7H2,1-3H3. The third-order valence-electron chi connectivity index (χ3n) is 2.27. The van der Waals surface area contributed by atoms with E-state index in [0.29, 0.717) is 18.7 Å². The van der Waals surface area contributed by atoms with Crippen molar-refractivity contribution in [2.24, 2.45) is 0 Å². The van der Waals surface area contributed by atoms with Gasteiger partial charge in [-0.05, 0) is 24.6 Å². The molecule has 0 bridgehead atoms. The number of nitrogens with one attached hydrogen (secondary N) is 1. The number of carbonyl (C=O) groups is 1. The van der Waals surface area contributed by atoms with Gasteiger partial charge in [0.2, 0.25) is 5.91 Å². The third-order valence-corrected chi connectivity index (χ3v) is 2.27. The van der Waals surface area contributed by atoms with E-state index >= 15 is 0 Å². The lowest BCUT2D eigenvalue weighted by atomic mass is 10.2. The Balaban J connectivity index is 2.49. The van der Waals surface area contributed by atoms with Gasteiger partial charge >= 0.3 is 0 Å². The molecule has 0 aromatic heterocycles. The Morgan fingerprint density at radius 1 is 1.44 bits per heavy atom. The van der Waals surface area contributed by atoms with Crippen LogP contribution >= 0.6 is 0 Å². The Morgan fingerprint density at radius 3 is 2.75 bits per heavy atom. The molecule has 3 nitrogen and oxygen atoms in total. The summed E-state index contributed by atoms with van der Waals surface area (Å²) in [6.07, 6.45) is 0.361. The van der Waals surface area contributed by atoms with E-state index < -0.39 is 0 Å². The van der Waals surface area contributed by atoms with Gasteiger partial charge in [0.05, 0.1) is 5.69 Å². The molecule has 0 atom stereocenters. The van der Waals surface area contributed by atoms with Gasteiger partial charge in [-0.3, -0.25) is 4.79 Å². The summed E-state index contributed by atoms with van der Waals surface area (Å²) in [7, 11) is 3.41. The van der Waals surface area contributed by atoms with E-state index in [2.05, 4.69) is 5.32 Å². The van der Waals surface area contributed by atoms with Crippen LogP contribution < -0.4 is 5.32 Å². The fraction of sp³-hybridized carbons (Fsp3) is 0.417. The number of amides is 1. The summed E-state index contributed by atoms with van der Waals surface area (Å²) in [4.78, 5) is 12.8. The molecule has 0 aliphatic heterocycles. The van der Waals surface area contributed by atoms with Crippen LogP contribution in [-0.4, -0.2) is 31.4 Å². The molecule has 0 fully saturated rings. The first-order valence-corrected chi connectivity index (χ1v) is 5.21. The summed E-state index contributed by atoms with van der Waals surface area (Å²) in [5.74, 6) is -0.261. The molecule has 1 aromatic carbocycles. The van der Waals surface area contributed by atoms with Crippen LogP contribution in [0.2, 0.25) is 0 Å². The molecule has 0 aliphatic carbocycles. The minimum Gasteiger partial charge on any atom is -0.382 e. The highest BCUT2D eigenvalue weighted by Gasteiger charge is 2.05. The van der Waals surface area contributed by atoms with Crippen molar-refractivity contribution in [1.29, 1.82) is 0 Å². The molecule has 0 spiro atoms. The van der Waals surface area contributed by atoms with Crippen molar-refractivity contribution in [3.05, 3.63) is 29.6 Å². The van der Waals surface area contributed by atoms with Crippen LogP contribution in [-0.2, 0) is 4.79 Å². The molecule has 0 saturated heterocycles. The summed E-state index contributed by atoms with van der Waals surface area (Å²) in [6, 6.07) is 4.87. The lowest BCUT2D eigenvalue weighted by Gasteiger charge is -2.11. The summed E-state index contributed by atoms with van der Waals surface area (Å²) in [6.45, 7) is 2.34. The van der Waals surface area contributed by atoms with E-state index in [9.17, 15) is 9.18 Å². The van der Waals surface area contributed by atoms with Crippen molar-refractivity contribution in [2.45, 2.75) is 13.3 Å². The van der Waals surface area contributed by atoms with E-state index in [1.54, 1.807) is 26.2 Å². The van der Waals surface area contributed by atoms with Gasteiger partial charge in [0.15, 0.2) is 0 Å². The summed E-state index contributed by atoms with van der Waals surface area (Å²) in [5.41, 5.74) is 1.44. The molecule has 0 saturated carbocycles. The van der Waals surface area contributed by atoms with Gasteiger partial charge in [0.25, 0.3) is 0 Å². The zero-order chi connectivity index (χ0) is 12.1. The summed E-state index contributed by atoms with van der Waals surface area (Å²) in [5, 5.41) is 2.92. The van der Waals surface area contributed by atoms with E-state index in [0.717, 1.165) is 5.56 Å². The Labute approximate surface area is 95.3 Å². The molecule has 1 N–H and O–H groups in total. The van der Waals surface area contributed by atoms with E-state index in [4.69, 9.17) is 0 Å². The molecule has 0 aliphatic rings. The Morgan fingerprint density at radius 2 is 2.12 bits per heavy atom. The second-order valence-corrected chi connectivity index (χ2v) is 3.95. The summed E-state index contributed by atoms with van der Waals surface area (Å²) < 4.78 is 13.3. The zero-order valence-electron chi connectivity index (χ0n) is 9.88. The molecule has 88 valence electrons. The number of hydrogen-bond acceptors (Lipinski definition) is 2. The van der Waals surface area contributed by atoms with Gasteiger partial charge in [-0.25, -0.2) is 4.39 Å². The lowest BCUT2D eigenvalue weighted by molar-refractivity contribution is -0.128. The third kappa shape index (κ3) is 3.53. The van der Waals surface area contributed by atoms with Crippen molar-refractivity contribution in [3.8, 4) is 0 Å². The maximum absolute atomic E-state index is 13.3. The second-order valence-electron chi connectivity index (χ2n) is 3.95. The highest BCUT2D eigenvalue weighted by molar-refractivity contribution is 5.76. The molecule has 1 amide bonds. The topological polar surface area (TPSA) is 32.3 Å².